The van der Waals surface area contributed by atoms with Crippen molar-refractivity contribution in [1.29, 1.82) is 0 Å². The number of carbonyl (C=O) groups excluding carboxylic acids is 1. The third kappa shape index (κ3) is 4.91. The molecule has 1 fully saturated rings. The lowest BCUT2D eigenvalue weighted by atomic mass is 10.0. The highest BCUT2D eigenvalue weighted by atomic mass is 16.5. The first-order valence-corrected chi connectivity index (χ1v) is 9.69. The molecule has 0 atom stereocenters. The van der Waals surface area contributed by atoms with E-state index in [1.54, 1.807) is 10.9 Å². The van der Waals surface area contributed by atoms with E-state index >= 15 is 0 Å². The molecule has 1 saturated heterocycles. The van der Waals surface area contributed by atoms with Crippen molar-refractivity contribution in [3.63, 3.8) is 0 Å². The SMILES string of the molecule is Cc1ccc(OCCCC(=O)N2CCC(n3cc(C(=O)O)cn3)CC2)cc1C. The van der Waals surface area contributed by atoms with Crippen LogP contribution < -0.4 is 4.74 Å². The minimum absolute atomic E-state index is 0.144. The van der Waals surface area contributed by atoms with Gasteiger partial charge in [0, 0.05) is 25.7 Å². The number of carbonyl (C=O) groups is 2. The Kier molecular flexibility index (Phi) is 6.34. The van der Waals surface area contributed by atoms with Crippen molar-refractivity contribution in [2.45, 2.75) is 45.6 Å². The lowest BCUT2D eigenvalue weighted by Gasteiger charge is -2.32. The van der Waals surface area contributed by atoms with E-state index in [1.807, 2.05) is 23.1 Å². The second-order valence-corrected chi connectivity index (χ2v) is 7.32. The molecule has 1 aromatic carbocycles. The number of nitrogens with zero attached hydrogens (tertiary/aromatic N) is 3. The molecular formula is C21H27N3O4. The van der Waals surface area contributed by atoms with E-state index in [0.717, 1.165) is 18.6 Å². The summed E-state index contributed by atoms with van der Waals surface area (Å²) in [7, 11) is 0. The van der Waals surface area contributed by atoms with E-state index in [1.165, 1.54) is 17.3 Å². The van der Waals surface area contributed by atoms with Gasteiger partial charge in [-0.3, -0.25) is 9.48 Å². The average molecular weight is 385 g/mol. The van der Waals surface area contributed by atoms with Gasteiger partial charge in [-0.05, 0) is 56.4 Å². The number of benzene rings is 1. The van der Waals surface area contributed by atoms with Gasteiger partial charge in [-0.15, -0.1) is 0 Å². The van der Waals surface area contributed by atoms with Gasteiger partial charge < -0.3 is 14.7 Å². The number of piperidine rings is 1. The minimum atomic E-state index is -0.970. The van der Waals surface area contributed by atoms with Crippen LogP contribution in [0.3, 0.4) is 0 Å². The van der Waals surface area contributed by atoms with Crippen molar-refractivity contribution in [2.75, 3.05) is 19.7 Å². The molecule has 7 heteroatoms. The monoisotopic (exact) mass is 385 g/mol. The predicted molar refractivity (Wildman–Crippen MR) is 105 cm³/mol. The molecule has 150 valence electrons. The van der Waals surface area contributed by atoms with Gasteiger partial charge in [-0.25, -0.2) is 4.79 Å². The molecule has 1 aromatic heterocycles. The van der Waals surface area contributed by atoms with Crippen LogP contribution in [-0.4, -0.2) is 51.4 Å². The maximum absolute atomic E-state index is 12.4. The zero-order chi connectivity index (χ0) is 20.1. The third-order valence-electron chi connectivity index (χ3n) is 5.32. The largest absolute Gasteiger partial charge is 0.494 e. The molecule has 0 unspecified atom stereocenters. The van der Waals surface area contributed by atoms with E-state index < -0.39 is 5.97 Å². The number of aryl methyl sites for hydroxylation is 2. The quantitative estimate of drug-likeness (QED) is 0.740. The van der Waals surface area contributed by atoms with Gasteiger partial charge >= 0.3 is 5.97 Å². The number of aromatic nitrogens is 2. The van der Waals surface area contributed by atoms with Gasteiger partial charge in [-0.2, -0.15) is 5.10 Å². The summed E-state index contributed by atoms with van der Waals surface area (Å²) >= 11 is 0. The summed E-state index contributed by atoms with van der Waals surface area (Å²) in [6, 6.07) is 6.16. The van der Waals surface area contributed by atoms with Crippen molar-refractivity contribution >= 4 is 11.9 Å². The second kappa shape index (κ2) is 8.91. The molecule has 3 rings (SSSR count). The number of rotatable bonds is 7. The van der Waals surface area contributed by atoms with E-state index in [9.17, 15) is 9.59 Å². The molecule has 0 spiro atoms. The van der Waals surface area contributed by atoms with Crippen LogP contribution in [0.4, 0.5) is 0 Å². The van der Waals surface area contributed by atoms with Crippen molar-refractivity contribution in [2.24, 2.45) is 0 Å². The molecule has 0 bridgehead atoms. The van der Waals surface area contributed by atoms with Gasteiger partial charge in [-0.1, -0.05) is 6.07 Å². The summed E-state index contributed by atoms with van der Waals surface area (Å²) in [6.45, 7) is 5.99. The fourth-order valence-corrected chi connectivity index (χ4v) is 3.40. The van der Waals surface area contributed by atoms with Crippen LogP contribution in [0.5, 0.6) is 5.75 Å². The molecule has 2 aromatic rings. The third-order valence-corrected chi connectivity index (χ3v) is 5.32. The van der Waals surface area contributed by atoms with Gasteiger partial charge in [0.05, 0.1) is 24.4 Å². The van der Waals surface area contributed by atoms with Crippen LogP contribution in [0.1, 0.15) is 53.2 Å². The van der Waals surface area contributed by atoms with Crippen LogP contribution in [-0.2, 0) is 4.79 Å². The number of amides is 1. The average Bonchev–Trinajstić information content (AvgIpc) is 3.18. The molecule has 0 aliphatic carbocycles. The van der Waals surface area contributed by atoms with E-state index in [0.29, 0.717) is 32.5 Å². The van der Waals surface area contributed by atoms with Crippen LogP contribution in [0, 0.1) is 13.8 Å². The summed E-state index contributed by atoms with van der Waals surface area (Å²) in [4.78, 5) is 25.3. The van der Waals surface area contributed by atoms with Crippen LogP contribution in [0.2, 0.25) is 0 Å². The summed E-state index contributed by atoms with van der Waals surface area (Å²) in [5.74, 6) is 0.0204. The summed E-state index contributed by atoms with van der Waals surface area (Å²) in [6.07, 6.45) is 5.66. The Morgan fingerprint density at radius 2 is 1.96 bits per heavy atom. The van der Waals surface area contributed by atoms with Gasteiger partial charge in [0.15, 0.2) is 0 Å². The van der Waals surface area contributed by atoms with Crippen molar-refractivity contribution in [3.05, 3.63) is 47.3 Å². The van der Waals surface area contributed by atoms with Crippen molar-refractivity contribution in [3.8, 4) is 5.75 Å². The molecular weight excluding hydrogens is 358 g/mol. The Morgan fingerprint density at radius 1 is 1.21 bits per heavy atom. The van der Waals surface area contributed by atoms with Crippen molar-refractivity contribution in [1.82, 2.24) is 14.7 Å². The summed E-state index contributed by atoms with van der Waals surface area (Å²) in [5.41, 5.74) is 2.63. The number of hydrogen-bond acceptors (Lipinski definition) is 4. The van der Waals surface area contributed by atoms with Crippen LogP contribution in [0.25, 0.3) is 0 Å². The summed E-state index contributed by atoms with van der Waals surface area (Å²) in [5, 5.41) is 13.1. The summed E-state index contributed by atoms with van der Waals surface area (Å²) < 4.78 is 7.46. The molecule has 1 aliphatic heterocycles. The Labute approximate surface area is 164 Å². The second-order valence-electron chi connectivity index (χ2n) is 7.32. The number of ether oxygens (including phenoxy) is 1. The van der Waals surface area contributed by atoms with Crippen LogP contribution in [0.15, 0.2) is 30.6 Å². The highest BCUT2D eigenvalue weighted by molar-refractivity contribution is 5.86. The normalized spacial score (nSPS) is 14.9. The molecule has 28 heavy (non-hydrogen) atoms. The first-order chi connectivity index (χ1) is 13.4. The van der Waals surface area contributed by atoms with E-state index in [4.69, 9.17) is 9.84 Å². The Hall–Kier alpha value is -2.83. The smallest absolute Gasteiger partial charge is 0.338 e. The van der Waals surface area contributed by atoms with Gasteiger partial charge in [0.2, 0.25) is 5.91 Å². The number of likely N-dealkylation sites (tertiary alicyclic amines) is 1. The lowest BCUT2D eigenvalue weighted by molar-refractivity contribution is -0.132. The Morgan fingerprint density at radius 3 is 2.61 bits per heavy atom. The van der Waals surface area contributed by atoms with Gasteiger partial charge in [0.1, 0.15) is 5.75 Å². The molecule has 0 saturated carbocycles. The van der Waals surface area contributed by atoms with E-state index in [2.05, 4.69) is 18.9 Å². The molecule has 0 radical (unpaired) electrons. The zero-order valence-electron chi connectivity index (χ0n) is 16.4. The zero-order valence-corrected chi connectivity index (χ0v) is 16.4. The lowest BCUT2D eigenvalue weighted by Crippen LogP contribution is -2.39. The maximum Gasteiger partial charge on any atom is 0.338 e. The first-order valence-electron chi connectivity index (χ1n) is 9.69. The number of carboxylic acids is 1. The molecule has 1 aliphatic rings. The fourth-order valence-electron chi connectivity index (χ4n) is 3.40. The molecule has 7 nitrogen and oxygen atoms in total. The van der Waals surface area contributed by atoms with Crippen LogP contribution >= 0.6 is 0 Å². The van der Waals surface area contributed by atoms with Gasteiger partial charge in [0.25, 0.3) is 0 Å². The fraction of sp³-hybridized carbons (Fsp3) is 0.476. The highest BCUT2D eigenvalue weighted by Gasteiger charge is 2.24. The number of carboxylic acid groups (broad SMARTS) is 1. The Bertz CT molecular complexity index is 838. The van der Waals surface area contributed by atoms with E-state index in [-0.39, 0.29) is 17.5 Å². The Balaban J connectivity index is 1.38. The molecule has 2 heterocycles. The number of hydrogen-bond donors (Lipinski definition) is 1. The molecule has 1 N–H and O–H groups in total. The highest BCUT2D eigenvalue weighted by Crippen LogP contribution is 2.23. The first kappa shape index (κ1) is 19.9. The standard InChI is InChI=1S/C21H27N3O4/c1-15-5-6-19(12-16(15)2)28-11-3-4-20(25)23-9-7-18(8-10-23)24-14-17(13-22-24)21(26)27/h5-6,12-14,18H,3-4,7-11H2,1-2H3,(H,26,27). The topological polar surface area (TPSA) is 84.7 Å². The van der Waals surface area contributed by atoms with Crippen molar-refractivity contribution < 1.29 is 19.4 Å². The molecule has 1 amide bonds. The number of aromatic carboxylic acids is 1. The predicted octanol–water partition coefficient (Wildman–Crippen LogP) is 3.22. The minimum Gasteiger partial charge on any atom is -0.494 e. The maximum atomic E-state index is 12.4.